The number of allylic oxidation sites excluding steroid dienone is 47. The van der Waals surface area contributed by atoms with E-state index in [-0.39, 0.29) is 29.1 Å². The van der Waals surface area contributed by atoms with Gasteiger partial charge in [0.15, 0.2) is 6.10 Å². The molecule has 0 saturated carbocycles. The van der Waals surface area contributed by atoms with Crippen molar-refractivity contribution in [3.8, 4) is 0 Å². The maximum atomic E-state index is 12.3. The highest BCUT2D eigenvalue weighted by molar-refractivity contribution is 8.00. The molecular weight excluding hydrogens is 1560 g/mol. The quantitative estimate of drug-likeness (QED) is 0.0293. The standard InChI is InChI=1S/C31H42O2.C30H40O2S.C26H40O3S.C24H36O3/c1-3-5-6-7-8-9-10-11-12-13-14-15-16-17-18-19-20-24-27-30(31(32)33-4-2)28-29-25-22-21-23-26-29;1-3-5-6-7-8-9-10-11-12-13-14-15-16-17-18-19-20-24-27-29(30(31)32-4-2)33-28-25-22-21-23-26-28;1-4-7-8-9-10-11-12-13-14-15-16-17-18-19-20-21-22-23-24-25(30(28)6-3)26(27)29-5-2;1-3-5-6-7-8-9-10-11-12-13-14-15-16-17-18-19-20-21-22-23(25)24(26)27-4-2/h5-6,8-9,11-12,14-15,17-18,20-26,30H,3-4,7,10,13,16,19,27-28H2,1-2H3;5-6,8-9,11-12,14-15,17-18,20-26,29H,3-4,7,10,13,16,19,27H2,1-2H3;7-8,10-11,13-14,16-17,19-20,22-23,25H,4-6,9,12,15,18,21,24H2,1-3H3;5-6,8-9,11-12,14-15,17-18,20-21,23,25H,3-4,7,10,13,16,19,22H2,1-2H3/b2*6-5-,9-8-,12-11-,15-14-,18-17-,24-20-;8-7-,11-10-,14-13-,17-16-,20-19-,23-22-;6-5-,9-8-,12-11-,15-14-,18-17-,21-20-. The van der Waals surface area contributed by atoms with Gasteiger partial charge < -0.3 is 24.1 Å². The van der Waals surface area contributed by atoms with Crippen molar-refractivity contribution in [2.24, 2.45) is 5.92 Å². The molecule has 0 spiro atoms. The molecule has 0 aromatic heterocycles. The number of carbonyl (C=O) groups excluding carboxylic acids is 4. The molecule has 0 fully saturated rings. The van der Waals surface area contributed by atoms with E-state index in [1.165, 1.54) is 5.56 Å². The molecule has 0 heterocycles. The zero-order chi connectivity index (χ0) is 89.9. The smallest absolute Gasteiger partial charge is 0.335 e. The maximum absolute atomic E-state index is 12.3. The topological polar surface area (TPSA) is 142 Å². The highest BCUT2D eigenvalue weighted by Gasteiger charge is 2.24. The van der Waals surface area contributed by atoms with Crippen LogP contribution in [-0.2, 0) is 55.3 Å². The number of aliphatic hydroxyl groups is 1. The summed E-state index contributed by atoms with van der Waals surface area (Å²) >= 11 is 1.56. The summed E-state index contributed by atoms with van der Waals surface area (Å²) in [4.78, 5) is 48.7. The average Bonchev–Trinajstić information content (AvgIpc) is 0.912. The van der Waals surface area contributed by atoms with Crippen LogP contribution in [0.1, 0.15) is 248 Å². The van der Waals surface area contributed by atoms with Crippen LogP contribution in [0.25, 0.3) is 0 Å². The van der Waals surface area contributed by atoms with Crippen LogP contribution < -0.4 is 0 Å². The average molecular weight is 1720 g/mol. The monoisotopic (exact) mass is 1720 g/mol. The van der Waals surface area contributed by atoms with E-state index in [4.69, 9.17) is 18.9 Å². The summed E-state index contributed by atoms with van der Waals surface area (Å²) in [6.45, 7) is 19.1. The molecule has 5 unspecified atom stereocenters. The van der Waals surface area contributed by atoms with Crippen LogP contribution in [0.3, 0.4) is 0 Å². The fraction of sp³-hybridized carbons (Fsp3) is 0.423. The highest BCUT2D eigenvalue weighted by atomic mass is 32.2. The van der Waals surface area contributed by atoms with Crippen molar-refractivity contribution in [3.63, 3.8) is 0 Å². The minimum absolute atomic E-state index is 0.110. The predicted molar refractivity (Wildman–Crippen MR) is 536 cm³/mol. The Bertz CT molecular complexity index is 3520. The Kier molecular flexibility index (Phi) is 90.6. The number of benzene rings is 2. The highest BCUT2D eigenvalue weighted by Crippen LogP contribution is 2.27. The van der Waals surface area contributed by atoms with Crippen molar-refractivity contribution in [3.05, 3.63) is 358 Å². The van der Waals surface area contributed by atoms with Crippen LogP contribution in [0.4, 0.5) is 0 Å². The lowest BCUT2D eigenvalue weighted by Crippen LogP contribution is -2.28. The van der Waals surface area contributed by atoms with Crippen molar-refractivity contribution in [2.75, 3.05) is 32.2 Å². The second kappa shape index (κ2) is 96.4. The van der Waals surface area contributed by atoms with E-state index in [1.807, 2.05) is 87.5 Å². The summed E-state index contributed by atoms with van der Waals surface area (Å²) in [7, 11) is -1.18. The summed E-state index contributed by atoms with van der Waals surface area (Å²) in [5.41, 5.74) is 1.17. The van der Waals surface area contributed by atoms with E-state index in [1.54, 1.807) is 31.7 Å². The number of aliphatic hydroxyl groups excluding tert-OH is 1. The van der Waals surface area contributed by atoms with E-state index in [0.717, 1.165) is 159 Å². The number of thioether (sulfide) groups is 1. The van der Waals surface area contributed by atoms with Gasteiger partial charge in [0.25, 0.3) is 0 Å². The second-order valence-electron chi connectivity index (χ2n) is 27.6. The van der Waals surface area contributed by atoms with Gasteiger partial charge in [-0.05, 0) is 225 Å². The first kappa shape index (κ1) is 116. The molecule has 5 atom stereocenters. The maximum Gasteiger partial charge on any atom is 0.335 e. The number of hydrogen-bond donors (Lipinski definition) is 1. The number of ether oxygens (including phenoxy) is 4. The van der Waals surface area contributed by atoms with Crippen LogP contribution in [-0.4, -0.2) is 82.0 Å². The van der Waals surface area contributed by atoms with E-state index in [2.05, 4.69) is 307 Å². The molecule has 674 valence electrons. The van der Waals surface area contributed by atoms with Crippen molar-refractivity contribution in [2.45, 2.75) is 270 Å². The Morgan fingerprint density at radius 2 is 0.520 bits per heavy atom. The molecule has 2 rings (SSSR count). The third-order valence-corrected chi connectivity index (χ3v) is 19.9. The first-order valence-electron chi connectivity index (χ1n) is 45.5. The molecule has 0 saturated heterocycles. The van der Waals surface area contributed by atoms with Crippen molar-refractivity contribution in [1.29, 1.82) is 0 Å². The van der Waals surface area contributed by atoms with Gasteiger partial charge in [-0.3, -0.25) is 18.6 Å². The molecule has 0 amide bonds. The lowest BCUT2D eigenvalue weighted by Gasteiger charge is -2.13. The number of esters is 4. The van der Waals surface area contributed by atoms with Crippen molar-refractivity contribution in [1.82, 2.24) is 0 Å². The van der Waals surface area contributed by atoms with Gasteiger partial charge in [0.05, 0.1) is 32.3 Å². The van der Waals surface area contributed by atoms with Gasteiger partial charge in [0.1, 0.15) is 10.5 Å². The van der Waals surface area contributed by atoms with E-state index in [9.17, 15) is 28.5 Å². The summed E-state index contributed by atoms with van der Waals surface area (Å²) < 4.78 is 32.2. The molecule has 123 heavy (non-hydrogen) atoms. The Hall–Kier alpha value is -9.46. The van der Waals surface area contributed by atoms with E-state index in [0.29, 0.717) is 64.3 Å². The normalized spacial score (nSPS) is 14.0. The number of rotatable bonds is 66. The molecular formula is C111H158O10S2. The third-order valence-electron chi connectivity index (χ3n) is 17.1. The van der Waals surface area contributed by atoms with Gasteiger partial charge in [0.2, 0.25) is 0 Å². The number of hydrogen-bond acceptors (Lipinski definition) is 11. The number of carbonyl (C=O) groups is 4. The van der Waals surface area contributed by atoms with Crippen molar-refractivity contribution < 1.29 is 47.4 Å². The SMILES string of the molecule is CC/C=C\C/C=C\C/C=C\C/C=C\C/C=C\C/C=C\CC(C(=O)OCC)S(=O)CC.CC/C=C\C/C=C\C/C=C\C/C=C\C/C=C\C/C=C\CC(Cc1ccccc1)C(=O)OCC.CC/C=C\C/C=C\C/C=C\C/C=C\C/C=C\C/C=C\CC(O)C(=O)OCC.CC/C=C\C/C=C\C/C=C\C/C=C\C/C=C\C/C=C\CC(Sc1ccccc1)C(=O)OCC. The van der Waals surface area contributed by atoms with Crippen LogP contribution in [0.2, 0.25) is 0 Å². The Morgan fingerprint density at radius 3 is 0.805 bits per heavy atom. The molecule has 2 aromatic rings. The lowest BCUT2D eigenvalue weighted by atomic mass is 9.96. The summed E-state index contributed by atoms with van der Waals surface area (Å²) in [6, 6.07) is 20.1. The molecule has 0 aliphatic carbocycles. The molecule has 2 aromatic carbocycles. The fourth-order valence-corrected chi connectivity index (χ4v) is 12.6. The van der Waals surface area contributed by atoms with Gasteiger partial charge in [-0.25, -0.2) is 4.79 Å². The lowest BCUT2D eigenvalue weighted by molar-refractivity contribution is -0.152. The molecule has 0 aliphatic rings. The van der Waals surface area contributed by atoms with Gasteiger partial charge in [0, 0.05) is 27.9 Å². The Morgan fingerprint density at radius 1 is 0.285 bits per heavy atom. The molecule has 0 bridgehead atoms. The zero-order valence-corrected chi connectivity index (χ0v) is 78.4. The molecule has 1 N–H and O–H groups in total. The largest absolute Gasteiger partial charge is 0.466 e. The fourth-order valence-electron chi connectivity index (χ4n) is 10.6. The first-order chi connectivity index (χ1) is 60.4. The van der Waals surface area contributed by atoms with E-state index >= 15 is 0 Å². The zero-order valence-electron chi connectivity index (χ0n) is 76.8. The minimum atomic E-state index is -1.18. The summed E-state index contributed by atoms with van der Waals surface area (Å²) in [6.07, 6.45) is 129. The minimum Gasteiger partial charge on any atom is -0.466 e. The van der Waals surface area contributed by atoms with Crippen LogP contribution in [0, 0.1) is 5.92 Å². The predicted octanol–water partition coefficient (Wildman–Crippen LogP) is 30.1. The Labute approximate surface area is 754 Å². The van der Waals surface area contributed by atoms with E-state index < -0.39 is 28.1 Å². The molecule has 10 nitrogen and oxygen atoms in total. The molecule has 0 aliphatic heterocycles. The van der Waals surface area contributed by atoms with Crippen LogP contribution in [0.15, 0.2) is 357 Å². The Balaban J connectivity index is 0. The van der Waals surface area contributed by atoms with Gasteiger partial charge >= 0.3 is 23.9 Å². The van der Waals surface area contributed by atoms with Gasteiger partial charge in [-0.2, -0.15) is 0 Å². The first-order valence-corrected chi connectivity index (χ1v) is 47.8. The van der Waals surface area contributed by atoms with Gasteiger partial charge in [-0.1, -0.05) is 375 Å². The van der Waals surface area contributed by atoms with Crippen LogP contribution in [0.5, 0.6) is 0 Å². The summed E-state index contributed by atoms with van der Waals surface area (Å²) in [5.74, 6) is -0.843. The molecule has 12 heteroatoms. The summed E-state index contributed by atoms with van der Waals surface area (Å²) in [5, 5.41) is 8.75. The van der Waals surface area contributed by atoms with Crippen LogP contribution >= 0.6 is 11.8 Å². The van der Waals surface area contributed by atoms with Gasteiger partial charge in [-0.15, -0.1) is 11.8 Å². The molecule has 0 radical (unpaired) electrons. The second-order valence-corrected chi connectivity index (χ2v) is 30.8. The van der Waals surface area contributed by atoms with Crippen molar-refractivity contribution >= 4 is 46.4 Å². The third kappa shape index (κ3) is 83.2.